The zero-order valence-electron chi connectivity index (χ0n) is 9.55. The van der Waals surface area contributed by atoms with Gasteiger partial charge in [0.1, 0.15) is 0 Å². The summed E-state index contributed by atoms with van der Waals surface area (Å²) in [7, 11) is -3.35. The van der Waals surface area contributed by atoms with Crippen LogP contribution in [0.3, 0.4) is 0 Å². The molecule has 18 heavy (non-hydrogen) atoms. The number of rotatable bonds is 3. The maximum absolute atomic E-state index is 11.4. The van der Waals surface area contributed by atoms with Crippen LogP contribution in [0.4, 0.5) is 0 Å². The summed E-state index contributed by atoms with van der Waals surface area (Å²) in [4.78, 5) is 12.0. The van der Waals surface area contributed by atoms with Gasteiger partial charge in [-0.1, -0.05) is 9.97 Å². The number of nitrogens with zero attached hydrogens (tertiary/aromatic N) is 5. The van der Waals surface area contributed by atoms with Crippen molar-refractivity contribution in [3.05, 3.63) is 16.7 Å². The number of hydrogen-bond donors (Lipinski definition) is 1. The second kappa shape index (κ2) is 4.49. The summed E-state index contributed by atoms with van der Waals surface area (Å²) in [5.41, 5.74) is -0.162. The standard InChI is InChI=1S/C7H12N6O4S/c1-18(15,16)11-2-3-12(7(5-11)9-14)13-4-6(8)17-10-13/h4,7-8H,2-3,5H2,1H3. The first-order valence-electron chi connectivity index (χ1n) is 5.06. The molecule has 0 bridgehead atoms. The van der Waals surface area contributed by atoms with E-state index < -0.39 is 16.2 Å². The van der Waals surface area contributed by atoms with Crippen LogP contribution < -0.4 is 20.6 Å². The Hall–Kier alpha value is -1.75. The lowest BCUT2D eigenvalue weighted by molar-refractivity contribution is -0.767. The molecule has 0 radical (unpaired) electrons. The molecule has 11 heteroatoms. The van der Waals surface area contributed by atoms with Crippen molar-refractivity contribution < 1.29 is 17.7 Å². The molecule has 2 heterocycles. The van der Waals surface area contributed by atoms with E-state index in [9.17, 15) is 13.3 Å². The van der Waals surface area contributed by atoms with Crippen molar-refractivity contribution in [1.82, 2.24) is 9.58 Å². The third-order valence-corrected chi connectivity index (χ3v) is 3.87. The van der Waals surface area contributed by atoms with Crippen LogP contribution >= 0.6 is 0 Å². The van der Waals surface area contributed by atoms with Gasteiger partial charge in [-0.05, 0) is 5.27 Å². The van der Waals surface area contributed by atoms with Crippen molar-refractivity contribution in [2.24, 2.45) is 5.18 Å². The molecule has 1 fully saturated rings. The molecule has 1 aliphatic heterocycles. The monoisotopic (exact) mass is 276 g/mol. The minimum absolute atomic E-state index is 0.0461. The number of sulfonamides is 1. The maximum atomic E-state index is 11.4. The highest BCUT2D eigenvalue weighted by molar-refractivity contribution is 7.88. The van der Waals surface area contributed by atoms with Gasteiger partial charge in [-0.3, -0.25) is 5.41 Å². The molecular weight excluding hydrogens is 264 g/mol. The second-order valence-electron chi connectivity index (χ2n) is 3.86. The third kappa shape index (κ3) is 2.41. The molecule has 1 aromatic heterocycles. The Bertz CT molecular complexity index is 591. The van der Waals surface area contributed by atoms with E-state index in [2.05, 4.69) is 15.0 Å². The summed E-state index contributed by atoms with van der Waals surface area (Å²) in [6.07, 6.45) is 1.45. The van der Waals surface area contributed by atoms with Crippen LogP contribution in [0.25, 0.3) is 0 Å². The fraction of sp³-hybridized carbons (Fsp3) is 0.714. The van der Waals surface area contributed by atoms with Gasteiger partial charge in [0.05, 0.1) is 6.26 Å². The number of nitroso groups, excluding NO2 is 1. The molecule has 0 aliphatic carbocycles. The van der Waals surface area contributed by atoms with Crippen LogP contribution in [0.5, 0.6) is 0 Å². The molecule has 0 amide bonds. The summed E-state index contributed by atoms with van der Waals surface area (Å²) in [5.74, 6) is 0. The lowest BCUT2D eigenvalue weighted by Crippen LogP contribution is -2.70. The maximum Gasteiger partial charge on any atom is 0.286 e. The Morgan fingerprint density at radius 3 is 2.83 bits per heavy atom. The van der Waals surface area contributed by atoms with Gasteiger partial charge in [0.25, 0.3) is 11.8 Å². The van der Waals surface area contributed by atoms with E-state index >= 15 is 0 Å². The largest absolute Gasteiger partial charge is 0.380 e. The minimum Gasteiger partial charge on any atom is -0.380 e. The van der Waals surface area contributed by atoms with E-state index in [0.717, 1.165) is 6.26 Å². The molecule has 0 saturated carbocycles. The highest BCUT2D eigenvalue weighted by Crippen LogP contribution is 2.09. The number of hydrogen-bond acceptors (Lipinski definition) is 7. The predicted octanol–water partition coefficient (Wildman–Crippen LogP) is -2.69. The van der Waals surface area contributed by atoms with E-state index in [0.29, 0.717) is 0 Å². The van der Waals surface area contributed by atoms with Crippen LogP contribution in [0, 0.1) is 10.3 Å². The Kier molecular flexibility index (Phi) is 3.17. The van der Waals surface area contributed by atoms with Crippen molar-refractivity contribution in [2.45, 2.75) is 6.17 Å². The number of aromatic nitrogens is 2. The molecule has 1 saturated heterocycles. The van der Waals surface area contributed by atoms with Crippen LogP contribution in [-0.2, 0) is 10.0 Å². The van der Waals surface area contributed by atoms with Gasteiger partial charge >= 0.3 is 0 Å². The number of piperazine rings is 1. The van der Waals surface area contributed by atoms with E-state index in [-0.39, 0.29) is 25.2 Å². The summed E-state index contributed by atoms with van der Waals surface area (Å²) in [6, 6.07) is 0. The first-order valence-corrected chi connectivity index (χ1v) is 6.91. The minimum atomic E-state index is -3.35. The molecule has 1 atom stereocenters. The van der Waals surface area contributed by atoms with Crippen molar-refractivity contribution in [1.29, 1.82) is 5.41 Å². The van der Waals surface area contributed by atoms with Gasteiger partial charge in [-0.2, -0.15) is 9.21 Å². The van der Waals surface area contributed by atoms with Crippen molar-refractivity contribution in [2.75, 3.05) is 30.9 Å². The van der Waals surface area contributed by atoms with E-state index in [1.807, 2.05) is 0 Å². The summed E-state index contributed by atoms with van der Waals surface area (Å²) in [6.45, 7) is 0.410. The Morgan fingerprint density at radius 2 is 2.33 bits per heavy atom. The summed E-state index contributed by atoms with van der Waals surface area (Å²) < 4.78 is 28.5. The van der Waals surface area contributed by atoms with Gasteiger partial charge in [-0.15, -0.1) is 0 Å². The normalized spacial score (nSPS) is 22.1. The van der Waals surface area contributed by atoms with Gasteiger partial charge in [0.15, 0.2) is 6.17 Å². The van der Waals surface area contributed by atoms with Crippen LogP contribution in [0.15, 0.2) is 15.9 Å². The van der Waals surface area contributed by atoms with Gasteiger partial charge in [-0.25, -0.2) is 13.4 Å². The van der Waals surface area contributed by atoms with Crippen LogP contribution in [-0.4, -0.2) is 44.8 Å². The molecule has 0 aromatic carbocycles. The average Bonchev–Trinajstić information content (AvgIpc) is 2.73. The van der Waals surface area contributed by atoms with Crippen LogP contribution in [0.2, 0.25) is 0 Å². The number of nitrogens with one attached hydrogen (secondary N) is 1. The smallest absolute Gasteiger partial charge is 0.286 e. The lowest BCUT2D eigenvalue weighted by atomic mass is 10.3. The summed E-state index contributed by atoms with van der Waals surface area (Å²) in [5, 5.41) is 15.1. The molecule has 10 nitrogen and oxygen atoms in total. The Labute approximate surface area is 102 Å². The zero-order valence-corrected chi connectivity index (χ0v) is 10.4. The van der Waals surface area contributed by atoms with E-state index in [1.54, 1.807) is 0 Å². The van der Waals surface area contributed by atoms with Gasteiger partial charge < -0.3 is 4.52 Å². The summed E-state index contributed by atoms with van der Waals surface area (Å²) >= 11 is 0. The molecule has 1 aromatic rings. The highest BCUT2D eigenvalue weighted by Gasteiger charge is 2.32. The van der Waals surface area contributed by atoms with Gasteiger partial charge in [0.2, 0.25) is 10.0 Å². The predicted molar refractivity (Wildman–Crippen MR) is 57.2 cm³/mol. The highest BCUT2D eigenvalue weighted by atomic mass is 32.2. The third-order valence-electron chi connectivity index (χ3n) is 2.60. The molecule has 1 N–H and O–H groups in total. The molecule has 100 valence electrons. The Balaban J connectivity index is 2.21. The molecule has 2 rings (SSSR count). The van der Waals surface area contributed by atoms with Crippen molar-refractivity contribution >= 4 is 10.0 Å². The van der Waals surface area contributed by atoms with E-state index in [1.165, 1.54) is 20.3 Å². The zero-order chi connectivity index (χ0) is 13.3. The topological polar surface area (TPSA) is 125 Å². The lowest BCUT2D eigenvalue weighted by Gasteiger charge is -2.36. The average molecular weight is 276 g/mol. The fourth-order valence-electron chi connectivity index (χ4n) is 1.72. The molecular formula is C7H12N6O4S. The quantitative estimate of drug-likeness (QED) is 0.473. The SMILES string of the molecule is CS(=O)(=O)N1CCN([n+]2cc(=N)o[n-]2)C(N=O)C1. The van der Waals surface area contributed by atoms with Crippen LogP contribution in [0.1, 0.15) is 0 Å². The molecule has 1 unspecified atom stereocenters. The van der Waals surface area contributed by atoms with Crippen molar-refractivity contribution in [3.63, 3.8) is 0 Å². The fourth-order valence-corrected chi connectivity index (χ4v) is 2.53. The first-order chi connectivity index (χ1) is 8.41. The van der Waals surface area contributed by atoms with Gasteiger partial charge in [0, 0.05) is 19.6 Å². The second-order valence-corrected chi connectivity index (χ2v) is 5.84. The van der Waals surface area contributed by atoms with Crippen molar-refractivity contribution in [3.8, 4) is 0 Å². The molecule has 1 aliphatic rings. The first kappa shape index (κ1) is 12.7. The van der Waals surface area contributed by atoms with E-state index in [4.69, 9.17) is 5.41 Å². The molecule has 0 spiro atoms. The Morgan fingerprint density at radius 1 is 1.61 bits per heavy atom.